The topological polar surface area (TPSA) is 81.5 Å². The number of amides is 1. The lowest BCUT2D eigenvalue weighted by Crippen LogP contribution is -2.50. The van der Waals surface area contributed by atoms with Crippen molar-refractivity contribution in [2.75, 3.05) is 27.4 Å². The van der Waals surface area contributed by atoms with E-state index in [4.69, 9.17) is 9.47 Å². The van der Waals surface area contributed by atoms with E-state index in [0.717, 1.165) is 23.0 Å². The zero-order valence-electron chi connectivity index (χ0n) is 15.4. The van der Waals surface area contributed by atoms with Crippen LogP contribution in [0.2, 0.25) is 0 Å². The Morgan fingerprint density at radius 2 is 2.12 bits per heavy atom. The molecule has 1 amide bonds. The standard InChI is InChI=1S/C18H25N5O3/c1-13-20-21-17-12-22(2)15(11-23(13)17)18(24)19-10-14-6-4-5-7-16(14)26-9-8-25-3/h4-7,15H,8-12H2,1-3H3,(H,19,24). The molecule has 0 spiro atoms. The average Bonchev–Trinajstić information content (AvgIpc) is 3.00. The summed E-state index contributed by atoms with van der Waals surface area (Å²) in [5, 5.41) is 11.3. The second-order valence-corrected chi connectivity index (χ2v) is 6.37. The Hall–Kier alpha value is -2.45. The van der Waals surface area contributed by atoms with Gasteiger partial charge in [0.2, 0.25) is 5.91 Å². The fraction of sp³-hybridized carbons (Fsp3) is 0.500. The number of aryl methyl sites for hydroxylation is 1. The second kappa shape index (κ2) is 8.29. The van der Waals surface area contributed by atoms with Crippen molar-refractivity contribution in [2.24, 2.45) is 0 Å². The third-order valence-corrected chi connectivity index (χ3v) is 4.56. The van der Waals surface area contributed by atoms with Gasteiger partial charge in [-0.3, -0.25) is 9.69 Å². The van der Waals surface area contributed by atoms with Crippen LogP contribution in [0.25, 0.3) is 0 Å². The molecule has 2 heterocycles. The zero-order chi connectivity index (χ0) is 18.5. The van der Waals surface area contributed by atoms with E-state index < -0.39 is 0 Å². The summed E-state index contributed by atoms with van der Waals surface area (Å²) in [4.78, 5) is 14.7. The predicted octanol–water partition coefficient (Wildman–Crippen LogP) is 0.742. The largest absolute Gasteiger partial charge is 0.491 e. The first-order chi connectivity index (χ1) is 12.6. The van der Waals surface area contributed by atoms with Crippen LogP contribution in [0.3, 0.4) is 0 Å². The van der Waals surface area contributed by atoms with Gasteiger partial charge in [0.25, 0.3) is 0 Å². The smallest absolute Gasteiger partial charge is 0.239 e. The summed E-state index contributed by atoms with van der Waals surface area (Å²) >= 11 is 0. The number of ether oxygens (including phenoxy) is 2. The van der Waals surface area contributed by atoms with Gasteiger partial charge in [0.15, 0.2) is 0 Å². The first-order valence-corrected chi connectivity index (χ1v) is 8.66. The van der Waals surface area contributed by atoms with Crippen LogP contribution in [0, 0.1) is 6.92 Å². The van der Waals surface area contributed by atoms with Crippen LogP contribution in [0.5, 0.6) is 5.75 Å². The SMILES string of the molecule is COCCOc1ccccc1CNC(=O)C1Cn2c(C)nnc2CN1C. The fourth-order valence-electron chi connectivity index (χ4n) is 3.03. The molecular formula is C18H25N5O3. The lowest BCUT2D eigenvalue weighted by Gasteiger charge is -2.32. The number of carbonyl (C=O) groups is 1. The molecule has 140 valence electrons. The van der Waals surface area contributed by atoms with Gasteiger partial charge in [0.1, 0.15) is 30.0 Å². The summed E-state index contributed by atoms with van der Waals surface area (Å²) < 4.78 is 12.7. The highest BCUT2D eigenvalue weighted by molar-refractivity contribution is 5.81. The van der Waals surface area contributed by atoms with E-state index in [0.29, 0.717) is 32.8 Å². The highest BCUT2D eigenvalue weighted by atomic mass is 16.5. The molecule has 26 heavy (non-hydrogen) atoms. The molecule has 1 N–H and O–H groups in total. The van der Waals surface area contributed by atoms with E-state index in [1.807, 2.05) is 47.7 Å². The van der Waals surface area contributed by atoms with E-state index in [1.54, 1.807) is 7.11 Å². The summed E-state index contributed by atoms with van der Waals surface area (Å²) in [5.41, 5.74) is 0.941. The number of benzene rings is 1. The van der Waals surface area contributed by atoms with Crippen LogP contribution >= 0.6 is 0 Å². The number of nitrogens with zero attached hydrogens (tertiary/aromatic N) is 4. The molecule has 2 aromatic rings. The molecule has 0 fully saturated rings. The lowest BCUT2D eigenvalue weighted by molar-refractivity contribution is -0.127. The highest BCUT2D eigenvalue weighted by Crippen LogP contribution is 2.19. The number of rotatable bonds is 7. The highest BCUT2D eigenvalue weighted by Gasteiger charge is 2.30. The molecule has 0 aliphatic carbocycles. The molecule has 0 saturated heterocycles. The number of likely N-dealkylation sites (N-methyl/N-ethyl adjacent to an activating group) is 1. The van der Waals surface area contributed by atoms with Gasteiger partial charge in [-0.1, -0.05) is 18.2 Å². The molecular weight excluding hydrogens is 334 g/mol. The summed E-state index contributed by atoms with van der Waals surface area (Å²) in [6.07, 6.45) is 0. The van der Waals surface area contributed by atoms with E-state index in [-0.39, 0.29) is 11.9 Å². The molecule has 1 atom stereocenters. The second-order valence-electron chi connectivity index (χ2n) is 6.37. The number of methoxy groups -OCH3 is 1. The zero-order valence-corrected chi connectivity index (χ0v) is 15.4. The van der Waals surface area contributed by atoms with E-state index in [2.05, 4.69) is 15.5 Å². The van der Waals surface area contributed by atoms with Gasteiger partial charge < -0.3 is 19.4 Å². The van der Waals surface area contributed by atoms with Gasteiger partial charge in [-0.2, -0.15) is 0 Å². The minimum atomic E-state index is -0.251. The Morgan fingerprint density at radius 3 is 2.92 bits per heavy atom. The molecule has 1 aromatic heterocycles. The summed E-state index contributed by atoms with van der Waals surface area (Å²) in [6.45, 7) is 4.49. The number of hydrogen-bond acceptors (Lipinski definition) is 6. The number of nitrogens with one attached hydrogen (secondary N) is 1. The quantitative estimate of drug-likeness (QED) is 0.735. The van der Waals surface area contributed by atoms with Crippen LogP contribution in [0.4, 0.5) is 0 Å². The van der Waals surface area contributed by atoms with Crippen molar-refractivity contribution in [3.05, 3.63) is 41.5 Å². The first kappa shape index (κ1) is 18.3. The Bertz CT molecular complexity index is 761. The van der Waals surface area contributed by atoms with Crippen molar-refractivity contribution in [1.29, 1.82) is 0 Å². The Kier molecular flexibility index (Phi) is 5.85. The molecule has 1 aliphatic rings. The van der Waals surface area contributed by atoms with Crippen LogP contribution in [-0.2, 0) is 29.2 Å². The third kappa shape index (κ3) is 4.03. The average molecular weight is 359 g/mol. The molecule has 0 saturated carbocycles. The lowest BCUT2D eigenvalue weighted by atomic mass is 10.1. The van der Waals surface area contributed by atoms with Crippen LogP contribution in [-0.4, -0.2) is 59.0 Å². The molecule has 0 bridgehead atoms. The Morgan fingerprint density at radius 1 is 1.31 bits per heavy atom. The molecule has 8 heteroatoms. The summed E-state index contributed by atoms with van der Waals surface area (Å²) in [5.74, 6) is 2.48. The molecule has 1 aromatic carbocycles. The number of para-hydroxylation sites is 1. The third-order valence-electron chi connectivity index (χ3n) is 4.56. The van der Waals surface area contributed by atoms with Crippen molar-refractivity contribution in [1.82, 2.24) is 25.0 Å². The van der Waals surface area contributed by atoms with Crippen molar-refractivity contribution in [2.45, 2.75) is 32.6 Å². The van der Waals surface area contributed by atoms with Crippen LogP contribution in [0.1, 0.15) is 17.2 Å². The number of carbonyl (C=O) groups excluding carboxylic acids is 1. The minimum Gasteiger partial charge on any atom is -0.491 e. The van der Waals surface area contributed by atoms with Gasteiger partial charge in [-0.05, 0) is 20.0 Å². The van der Waals surface area contributed by atoms with Crippen LogP contribution < -0.4 is 10.1 Å². The molecule has 1 unspecified atom stereocenters. The molecule has 8 nitrogen and oxygen atoms in total. The van der Waals surface area contributed by atoms with Crippen molar-refractivity contribution in [3.8, 4) is 5.75 Å². The molecule has 3 rings (SSSR count). The van der Waals surface area contributed by atoms with E-state index >= 15 is 0 Å². The van der Waals surface area contributed by atoms with Crippen molar-refractivity contribution < 1.29 is 14.3 Å². The summed E-state index contributed by atoms with van der Waals surface area (Å²) in [7, 11) is 3.57. The maximum atomic E-state index is 12.7. The minimum absolute atomic E-state index is 0.0158. The number of hydrogen-bond donors (Lipinski definition) is 1. The number of fused-ring (bicyclic) bond motifs is 1. The Balaban J connectivity index is 1.62. The van der Waals surface area contributed by atoms with E-state index in [1.165, 1.54) is 0 Å². The van der Waals surface area contributed by atoms with Crippen molar-refractivity contribution >= 4 is 5.91 Å². The first-order valence-electron chi connectivity index (χ1n) is 8.66. The number of aromatic nitrogens is 3. The van der Waals surface area contributed by atoms with E-state index in [9.17, 15) is 4.79 Å². The van der Waals surface area contributed by atoms with Gasteiger partial charge in [0.05, 0.1) is 19.7 Å². The van der Waals surface area contributed by atoms with Gasteiger partial charge in [-0.15, -0.1) is 10.2 Å². The maximum Gasteiger partial charge on any atom is 0.239 e. The van der Waals surface area contributed by atoms with Crippen molar-refractivity contribution in [3.63, 3.8) is 0 Å². The predicted molar refractivity (Wildman–Crippen MR) is 95.7 cm³/mol. The summed E-state index contributed by atoms with van der Waals surface area (Å²) in [6, 6.07) is 7.45. The molecule has 1 aliphatic heterocycles. The normalized spacial score (nSPS) is 17.0. The maximum absolute atomic E-state index is 12.7. The van der Waals surface area contributed by atoms with Gasteiger partial charge in [-0.25, -0.2) is 0 Å². The molecule has 0 radical (unpaired) electrons. The van der Waals surface area contributed by atoms with Crippen LogP contribution in [0.15, 0.2) is 24.3 Å². The van der Waals surface area contributed by atoms with Gasteiger partial charge in [0, 0.05) is 19.2 Å². The monoisotopic (exact) mass is 359 g/mol. The van der Waals surface area contributed by atoms with Gasteiger partial charge >= 0.3 is 0 Å². The fourth-order valence-corrected chi connectivity index (χ4v) is 3.03. The Labute approximate surface area is 153 Å².